The lowest BCUT2D eigenvalue weighted by Crippen LogP contribution is -2.30. The summed E-state index contributed by atoms with van der Waals surface area (Å²) in [7, 11) is 0. The van der Waals surface area contributed by atoms with Gasteiger partial charge in [0.15, 0.2) is 0 Å². The summed E-state index contributed by atoms with van der Waals surface area (Å²) in [5.74, 6) is 1.62. The van der Waals surface area contributed by atoms with E-state index in [4.69, 9.17) is 22.7 Å². The molecule has 0 aromatic carbocycles. The average Bonchev–Trinajstić information content (AvgIpc) is 2.23. The molecule has 1 fully saturated rings. The van der Waals surface area contributed by atoms with Gasteiger partial charge in [0, 0.05) is 12.0 Å². The molecule has 0 spiro atoms. The van der Waals surface area contributed by atoms with Gasteiger partial charge in [-0.25, -0.2) is 0 Å². The minimum absolute atomic E-state index is 0.0359. The van der Waals surface area contributed by atoms with Crippen molar-refractivity contribution in [2.75, 3.05) is 6.61 Å². The van der Waals surface area contributed by atoms with Crippen LogP contribution < -0.4 is 5.73 Å². The summed E-state index contributed by atoms with van der Waals surface area (Å²) >= 11 is 5.07. The molecule has 0 aromatic rings. The summed E-state index contributed by atoms with van der Waals surface area (Å²) in [5, 5.41) is 0. The van der Waals surface area contributed by atoms with Gasteiger partial charge in [0.1, 0.15) is 0 Å². The molecule has 3 heteroatoms. The van der Waals surface area contributed by atoms with Crippen molar-refractivity contribution in [2.24, 2.45) is 23.0 Å². The quantitative estimate of drug-likeness (QED) is 0.587. The van der Waals surface area contributed by atoms with E-state index in [0.29, 0.717) is 11.1 Å². The summed E-state index contributed by atoms with van der Waals surface area (Å²) in [6.07, 6.45) is 6.33. The van der Waals surface area contributed by atoms with Crippen LogP contribution in [0.5, 0.6) is 0 Å². The predicted octanol–water partition coefficient (Wildman–Crippen LogP) is 3.92. The van der Waals surface area contributed by atoms with Gasteiger partial charge >= 0.3 is 0 Å². The molecule has 2 atom stereocenters. The van der Waals surface area contributed by atoms with E-state index in [1.54, 1.807) is 0 Å². The highest BCUT2D eigenvalue weighted by Gasteiger charge is 2.25. The van der Waals surface area contributed by atoms with Crippen molar-refractivity contribution in [3.63, 3.8) is 0 Å². The van der Waals surface area contributed by atoms with E-state index < -0.39 is 0 Å². The zero-order valence-corrected chi connectivity index (χ0v) is 13.2. The molecule has 1 saturated carbocycles. The maximum Gasteiger partial charge on any atom is 0.0784 e. The van der Waals surface area contributed by atoms with Gasteiger partial charge in [-0.3, -0.25) is 0 Å². The molecule has 0 aliphatic heterocycles. The summed E-state index contributed by atoms with van der Waals surface area (Å²) in [5.41, 5.74) is 5.69. The molecule has 0 aromatic heterocycles. The van der Waals surface area contributed by atoms with Crippen molar-refractivity contribution in [2.45, 2.75) is 65.9 Å². The van der Waals surface area contributed by atoms with Gasteiger partial charge in [0.25, 0.3) is 0 Å². The molecule has 106 valence electrons. The van der Waals surface area contributed by atoms with Crippen LogP contribution in [-0.2, 0) is 4.74 Å². The van der Waals surface area contributed by atoms with Crippen molar-refractivity contribution in [3.8, 4) is 0 Å². The van der Waals surface area contributed by atoms with Gasteiger partial charge in [0.05, 0.1) is 11.1 Å². The van der Waals surface area contributed by atoms with Crippen molar-refractivity contribution in [3.05, 3.63) is 0 Å². The van der Waals surface area contributed by atoms with Crippen LogP contribution in [0, 0.1) is 17.3 Å². The first-order valence-electron chi connectivity index (χ1n) is 7.22. The Balaban J connectivity index is 2.20. The summed E-state index contributed by atoms with van der Waals surface area (Å²) in [4.78, 5) is 0.613. The third-order valence-corrected chi connectivity index (χ3v) is 4.65. The van der Waals surface area contributed by atoms with Crippen molar-refractivity contribution in [1.29, 1.82) is 0 Å². The van der Waals surface area contributed by atoms with Crippen LogP contribution in [-0.4, -0.2) is 17.7 Å². The maximum absolute atomic E-state index is 6.01. The summed E-state index contributed by atoms with van der Waals surface area (Å²) in [6.45, 7) is 9.74. The minimum Gasteiger partial charge on any atom is -0.393 e. The van der Waals surface area contributed by atoms with Crippen LogP contribution in [0.4, 0.5) is 0 Å². The third kappa shape index (κ3) is 5.23. The van der Waals surface area contributed by atoms with Gasteiger partial charge in [-0.1, -0.05) is 39.9 Å². The van der Waals surface area contributed by atoms with Crippen molar-refractivity contribution in [1.82, 2.24) is 0 Å². The maximum atomic E-state index is 6.01. The molecule has 1 aliphatic carbocycles. The highest BCUT2D eigenvalue weighted by molar-refractivity contribution is 7.80. The van der Waals surface area contributed by atoms with Crippen molar-refractivity contribution < 1.29 is 4.74 Å². The smallest absolute Gasteiger partial charge is 0.0784 e. The first-order chi connectivity index (χ1) is 8.31. The normalized spacial score (nSPS) is 29.2. The Bertz CT molecular complexity index is 268. The first-order valence-corrected chi connectivity index (χ1v) is 7.63. The molecular weight excluding hydrogens is 242 g/mol. The zero-order valence-electron chi connectivity index (χ0n) is 12.4. The Morgan fingerprint density at radius 3 is 2.28 bits per heavy atom. The van der Waals surface area contributed by atoms with E-state index in [0.717, 1.165) is 31.3 Å². The Morgan fingerprint density at radius 2 is 1.78 bits per heavy atom. The molecule has 0 saturated heterocycles. The van der Waals surface area contributed by atoms with Gasteiger partial charge in [0.2, 0.25) is 0 Å². The monoisotopic (exact) mass is 271 g/mol. The molecule has 2 unspecified atom stereocenters. The lowest BCUT2D eigenvalue weighted by Gasteiger charge is -2.31. The lowest BCUT2D eigenvalue weighted by molar-refractivity contribution is -0.00195. The second kappa shape index (κ2) is 6.85. The Kier molecular flexibility index (Phi) is 6.06. The van der Waals surface area contributed by atoms with Crippen LogP contribution in [0.2, 0.25) is 0 Å². The van der Waals surface area contributed by atoms with Crippen LogP contribution >= 0.6 is 12.2 Å². The topological polar surface area (TPSA) is 35.2 Å². The fourth-order valence-corrected chi connectivity index (χ4v) is 3.00. The van der Waals surface area contributed by atoms with Gasteiger partial charge in [-0.15, -0.1) is 0 Å². The number of thiocarbonyl (C=S) groups is 1. The van der Waals surface area contributed by atoms with Crippen molar-refractivity contribution >= 4 is 17.2 Å². The number of hydrogen-bond donors (Lipinski definition) is 1. The molecular formula is C15H29NOS. The molecule has 0 amide bonds. The molecule has 1 rings (SSSR count). The van der Waals surface area contributed by atoms with Gasteiger partial charge in [-0.05, 0) is 43.9 Å². The predicted molar refractivity (Wildman–Crippen MR) is 81.7 cm³/mol. The van der Waals surface area contributed by atoms with E-state index in [1.807, 2.05) is 0 Å². The molecule has 2 N–H and O–H groups in total. The third-order valence-electron chi connectivity index (χ3n) is 4.10. The molecule has 1 aliphatic rings. The number of ether oxygens (including phenoxy) is 1. The molecule has 0 radical (unpaired) electrons. The van der Waals surface area contributed by atoms with E-state index in [-0.39, 0.29) is 5.41 Å². The highest BCUT2D eigenvalue weighted by Crippen LogP contribution is 2.30. The molecule has 18 heavy (non-hydrogen) atoms. The number of hydrogen-bond acceptors (Lipinski definition) is 2. The van der Waals surface area contributed by atoms with E-state index in [1.165, 1.54) is 19.3 Å². The molecule has 0 bridgehead atoms. The van der Waals surface area contributed by atoms with Gasteiger partial charge in [-0.2, -0.15) is 0 Å². The van der Waals surface area contributed by atoms with E-state index in [2.05, 4.69) is 27.7 Å². The number of rotatable bonds is 6. The lowest BCUT2D eigenvalue weighted by atomic mass is 9.82. The van der Waals surface area contributed by atoms with Crippen LogP contribution in [0.15, 0.2) is 0 Å². The fraction of sp³-hybridized carbons (Fsp3) is 0.933. The summed E-state index contributed by atoms with van der Waals surface area (Å²) in [6, 6.07) is 0. The minimum atomic E-state index is -0.0359. The highest BCUT2D eigenvalue weighted by atomic mass is 32.1. The largest absolute Gasteiger partial charge is 0.393 e. The summed E-state index contributed by atoms with van der Waals surface area (Å²) < 4.78 is 6.01. The standard InChI is InChI=1S/C15H29NOS/c1-11-8-12(2)10-13(9-11)17-7-5-6-15(3,4)14(16)18/h11-13H,5-10H2,1-4H3,(H2,16,18). The van der Waals surface area contributed by atoms with E-state index in [9.17, 15) is 0 Å². The molecule has 0 heterocycles. The van der Waals surface area contributed by atoms with E-state index >= 15 is 0 Å². The Morgan fingerprint density at radius 1 is 1.22 bits per heavy atom. The van der Waals surface area contributed by atoms with Crippen LogP contribution in [0.3, 0.4) is 0 Å². The SMILES string of the molecule is CC1CC(C)CC(OCCCC(C)(C)C(N)=S)C1. The Hall–Kier alpha value is -0.150. The van der Waals surface area contributed by atoms with Crippen LogP contribution in [0.25, 0.3) is 0 Å². The zero-order chi connectivity index (χ0) is 13.8. The second-order valence-corrected chi connectivity index (χ2v) is 7.20. The van der Waals surface area contributed by atoms with Crippen LogP contribution in [0.1, 0.15) is 59.8 Å². The molecule has 2 nitrogen and oxygen atoms in total. The van der Waals surface area contributed by atoms with Gasteiger partial charge < -0.3 is 10.5 Å². The fourth-order valence-electron chi connectivity index (χ4n) is 2.90. The number of nitrogens with two attached hydrogens (primary N) is 1. The first kappa shape index (κ1) is 15.9. The average molecular weight is 271 g/mol. The Labute approximate surface area is 118 Å². The second-order valence-electron chi connectivity index (χ2n) is 6.76.